The number of phenols is 1. The quantitative estimate of drug-likeness (QED) is 0.416. The van der Waals surface area contributed by atoms with Crippen LogP contribution in [0.1, 0.15) is 47.8 Å². The van der Waals surface area contributed by atoms with E-state index in [1.165, 1.54) is 5.56 Å². The summed E-state index contributed by atoms with van der Waals surface area (Å²) in [6.45, 7) is 2.14. The number of hydrogen-bond donors (Lipinski definition) is 2. The molecule has 4 rings (SSSR count). The van der Waals surface area contributed by atoms with E-state index >= 15 is 0 Å². The van der Waals surface area contributed by atoms with Crippen LogP contribution in [0.2, 0.25) is 5.02 Å². The zero-order chi connectivity index (χ0) is 22.0. The molecule has 0 unspecified atom stereocenters. The highest BCUT2D eigenvalue weighted by Gasteiger charge is 2.29. The molecular weight excluding hydrogens is 476 g/mol. The molecule has 2 N–H and O–H groups in total. The third-order valence-corrected chi connectivity index (χ3v) is 6.32. The van der Waals surface area contributed by atoms with Gasteiger partial charge in [0.1, 0.15) is 17.7 Å². The van der Waals surface area contributed by atoms with Gasteiger partial charge in [0, 0.05) is 38.8 Å². The predicted molar refractivity (Wildman–Crippen MR) is 129 cm³/mol. The van der Waals surface area contributed by atoms with Crippen molar-refractivity contribution >= 4 is 33.2 Å². The van der Waals surface area contributed by atoms with Crippen LogP contribution in [-0.4, -0.2) is 17.9 Å². The van der Waals surface area contributed by atoms with E-state index in [2.05, 4.69) is 52.4 Å². The molecule has 1 aliphatic heterocycles. The summed E-state index contributed by atoms with van der Waals surface area (Å²) >= 11 is 9.81. The molecule has 0 bridgehead atoms. The van der Waals surface area contributed by atoms with Gasteiger partial charge in [-0.1, -0.05) is 58.7 Å². The molecule has 6 heteroatoms. The molecule has 0 saturated heterocycles. The molecule has 0 saturated carbocycles. The Kier molecular flexibility index (Phi) is 6.65. The summed E-state index contributed by atoms with van der Waals surface area (Å²) < 4.78 is 6.55. The van der Waals surface area contributed by atoms with Crippen LogP contribution < -0.4 is 10.1 Å². The minimum absolute atomic E-state index is 0.161. The Labute approximate surface area is 196 Å². The normalized spacial score (nSPS) is 18.5. The van der Waals surface area contributed by atoms with Crippen molar-refractivity contribution in [2.75, 3.05) is 7.11 Å². The third-order valence-electron chi connectivity index (χ3n) is 5.59. The van der Waals surface area contributed by atoms with Crippen molar-refractivity contribution in [2.45, 2.75) is 32.0 Å². The lowest BCUT2D eigenvalue weighted by molar-refractivity contribution is 0.381. The first kappa shape index (κ1) is 21.9. The average Bonchev–Trinajstić information content (AvgIpc) is 2.80. The molecule has 1 aliphatic rings. The van der Waals surface area contributed by atoms with E-state index in [1.54, 1.807) is 19.2 Å². The lowest BCUT2D eigenvalue weighted by Crippen LogP contribution is -2.33. The number of methoxy groups -OCH3 is 1. The molecule has 0 aromatic heterocycles. The highest BCUT2D eigenvalue weighted by atomic mass is 79.9. The molecule has 2 atom stereocenters. The number of nitrogens with one attached hydrogen (secondary N) is 1. The molecule has 160 valence electrons. The van der Waals surface area contributed by atoms with Crippen molar-refractivity contribution in [1.29, 1.82) is 0 Å². The van der Waals surface area contributed by atoms with Gasteiger partial charge in [0.15, 0.2) is 0 Å². The SMILES string of the molecule is CCc1ccc(C2=N[C@@H](c3cc(Br)ccc3OC)N[C@@H](c3cc(Cl)ccc3O)C2)cc1. The van der Waals surface area contributed by atoms with E-state index in [9.17, 15) is 5.11 Å². The Balaban J connectivity index is 1.80. The monoisotopic (exact) mass is 498 g/mol. The first-order valence-corrected chi connectivity index (χ1v) is 11.4. The second kappa shape index (κ2) is 9.43. The van der Waals surface area contributed by atoms with Gasteiger partial charge >= 0.3 is 0 Å². The number of ether oxygens (including phenoxy) is 1. The van der Waals surface area contributed by atoms with Gasteiger partial charge in [-0.15, -0.1) is 0 Å². The summed E-state index contributed by atoms with van der Waals surface area (Å²) in [5, 5.41) is 14.7. The number of nitrogens with zero attached hydrogens (tertiary/aromatic N) is 1. The molecule has 3 aromatic carbocycles. The fourth-order valence-electron chi connectivity index (χ4n) is 3.90. The predicted octanol–water partition coefficient (Wildman–Crippen LogP) is 6.60. The van der Waals surface area contributed by atoms with E-state index in [4.69, 9.17) is 21.3 Å². The van der Waals surface area contributed by atoms with Crippen LogP contribution in [0.5, 0.6) is 11.5 Å². The Bertz CT molecular complexity index is 1120. The molecule has 0 spiro atoms. The Morgan fingerprint density at radius 3 is 2.58 bits per heavy atom. The maximum Gasteiger partial charge on any atom is 0.130 e. The number of rotatable bonds is 5. The third kappa shape index (κ3) is 4.79. The fraction of sp³-hybridized carbons (Fsp3) is 0.240. The first-order valence-electron chi connectivity index (χ1n) is 10.2. The molecule has 31 heavy (non-hydrogen) atoms. The highest BCUT2D eigenvalue weighted by Crippen LogP contribution is 2.38. The van der Waals surface area contributed by atoms with Crippen molar-refractivity contribution in [3.8, 4) is 11.5 Å². The van der Waals surface area contributed by atoms with Crippen molar-refractivity contribution in [1.82, 2.24) is 5.32 Å². The molecule has 0 amide bonds. The summed E-state index contributed by atoms with van der Waals surface area (Å²) in [5.41, 5.74) is 5.00. The van der Waals surface area contributed by atoms with E-state index < -0.39 is 0 Å². The lowest BCUT2D eigenvalue weighted by atomic mass is 9.93. The fourth-order valence-corrected chi connectivity index (χ4v) is 4.46. The van der Waals surface area contributed by atoms with Gasteiger partial charge in [0.25, 0.3) is 0 Å². The van der Waals surface area contributed by atoms with Crippen LogP contribution >= 0.6 is 27.5 Å². The van der Waals surface area contributed by atoms with Crippen molar-refractivity contribution < 1.29 is 9.84 Å². The largest absolute Gasteiger partial charge is 0.508 e. The molecule has 4 nitrogen and oxygen atoms in total. The van der Waals surface area contributed by atoms with E-state index in [0.29, 0.717) is 11.4 Å². The second-order valence-electron chi connectivity index (χ2n) is 7.54. The number of halogens is 2. The first-order chi connectivity index (χ1) is 15.0. The van der Waals surface area contributed by atoms with Gasteiger partial charge in [-0.3, -0.25) is 10.3 Å². The van der Waals surface area contributed by atoms with Crippen LogP contribution in [-0.2, 0) is 6.42 Å². The summed E-state index contributed by atoms with van der Waals surface area (Å²) in [5.74, 6) is 0.963. The molecule has 1 heterocycles. The summed E-state index contributed by atoms with van der Waals surface area (Å²) in [6.07, 6.45) is 1.28. The standard InChI is InChI=1S/C25H24BrClN2O2/c1-3-15-4-6-16(7-5-15)21-14-22(19-13-18(27)9-10-23(19)30)29-25(28-21)20-12-17(26)8-11-24(20)31-2/h4-13,22,25,29-30H,3,14H2,1-2H3/t22-,25-/m1/s1. The Hall–Kier alpha value is -2.34. The number of aliphatic imine (C=N–C) groups is 1. The minimum atomic E-state index is -0.342. The van der Waals surface area contributed by atoms with Gasteiger partial charge in [0.05, 0.1) is 7.11 Å². The second-order valence-corrected chi connectivity index (χ2v) is 8.89. The van der Waals surface area contributed by atoms with Crippen molar-refractivity contribution in [2.24, 2.45) is 4.99 Å². The van der Waals surface area contributed by atoms with Crippen molar-refractivity contribution in [3.63, 3.8) is 0 Å². The van der Waals surface area contributed by atoms with Crippen LogP contribution in [0.4, 0.5) is 0 Å². The molecular formula is C25H24BrClN2O2. The maximum absolute atomic E-state index is 10.5. The number of benzene rings is 3. The summed E-state index contributed by atoms with van der Waals surface area (Å²) in [4.78, 5) is 5.05. The molecule has 3 aromatic rings. The summed E-state index contributed by atoms with van der Waals surface area (Å²) in [7, 11) is 1.66. The van der Waals surface area contributed by atoms with Gasteiger partial charge in [-0.05, 0) is 53.9 Å². The zero-order valence-corrected chi connectivity index (χ0v) is 19.7. The van der Waals surface area contributed by atoms with Crippen LogP contribution in [0.3, 0.4) is 0 Å². The molecule has 0 radical (unpaired) electrons. The van der Waals surface area contributed by atoms with Crippen LogP contribution in [0, 0.1) is 0 Å². The van der Waals surface area contributed by atoms with Gasteiger partial charge in [-0.25, -0.2) is 0 Å². The van der Waals surface area contributed by atoms with Crippen LogP contribution in [0.15, 0.2) is 70.1 Å². The molecule has 0 fully saturated rings. The topological polar surface area (TPSA) is 53.8 Å². The molecule has 0 aliphatic carbocycles. The Morgan fingerprint density at radius 1 is 1.10 bits per heavy atom. The number of hydrogen-bond acceptors (Lipinski definition) is 4. The maximum atomic E-state index is 10.5. The van der Waals surface area contributed by atoms with Gasteiger partial charge in [-0.2, -0.15) is 0 Å². The van der Waals surface area contributed by atoms with Crippen molar-refractivity contribution in [3.05, 3.63) is 92.4 Å². The number of aromatic hydroxyl groups is 1. The Morgan fingerprint density at radius 2 is 1.87 bits per heavy atom. The minimum Gasteiger partial charge on any atom is -0.508 e. The number of aryl methyl sites for hydroxylation is 1. The smallest absolute Gasteiger partial charge is 0.130 e. The average molecular weight is 500 g/mol. The zero-order valence-electron chi connectivity index (χ0n) is 17.4. The van der Waals surface area contributed by atoms with Crippen LogP contribution in [0.25, 0.3) is 0 Å². The van der Waals surface area contributed by atoms with E-state index in [1.807, 2.05) is 24.3 Å². The van der Waals surface area contributed by atoms with E-state index in [-0.39, 0.29) is 18.0 Å². The van der Waals surface area contributed by atoms with E-state index in [0.717, 1.165) is 39.0 Å². The lowest BCUT2D eigenvalue weighted by Gasteiger charge is -2.31. The number of phenolic OH excluding ortho intramolecular Hbond substituents is 1. The summed E-state index contributed by atoms with van der Waals surface area (Å²) in [6, 6.07) is 19.4. The van der Waals surface area contributed by atoms with Gasteiger partial charge < -0.3 is 9.84 Å². The highest BCUT2D eigenvalue weighted by molar-refractivity contribution is 9.10. The van der Waals surface area contributed by atoms with Gasteiger partial charge in [0.2, 0.25) is 0 Å².